The third kappa shape index (κ3) is 3.22. The number of aliphatic hydroxyl groups is 1. The highest BCUT2D eigenvalue weighted by molar-refractivity contribution is 6.30. The average molecular weight is 273 g/mol. The molecule has 0 heterocycles. The van der Waals surface area contributed by atoms with Crippen LogP contribution in [-0.2, 0) is 11.2 Å². The van der Waals surface area contributed by atoms with Crippen LogP contribution in [0.25, 0.3) is 0 Å². The molecule has 4 heteroatoms. The Hall–Kier alpha value is -0.640. The Labute approximate surface area is 112 Å². The lowest BCUT2D eigenvalue weighted by atomic mass is 9.79. The van der Waals surface area contributed by atoms with E-state index in [1.54, 1.807) is 19.2 Å². The number of hydrogen-bond acceptors (Lipinski definition) is 2. The lowest BCUT2D eigenvalue weighted by Crippen LogP contribution is -2.40. The summed E-state index contributed by atoms with van der Waals surface area (Å²) in [5, 5.41) is 10.9. The topological polar surface area (TPSA) is 29.5 Å². The van der Waals surface area contributed by atoms with Gasteiger partial charge >= 0.3 is 0 Å². The molecule has 1 N–H and O–H groups in total. The van der Waals surface area contributed by atoms with Gasteiger partial charge < -0.3 is 9.84 Å². The van der Waals surface area contributed by atoms with Crippen LogP contribution in [0.3, 0.4) is 0 Å². The maximum Gasteiger partial charge on any atom is 0.127 e. The van der Waals surface area contributed by atoms with Crippen LogP contribution in [0.5, 0.6) is 0 Å². The van der Waals surface area contributed by atoms with Crippen molar-refractivity contribution >= 4 is 11.6 Å². The first-order valence-electron chi connectivity index (χ1n) is 6.21. The van der Waals surface area contributed by atoms with Crippen molar-refractivity contribution in [1.82, 2.24) is 0 Å². The second-order valence-electron chi connectivity index (χ2n) is 5.09. The molecule has 0 amide bonds. The number of rotatable bonds is 3. The van der Waals surface area contributed by atoms with Crippen molar-refractivity contribution in [1.29, 1.82) is 0 Å². The predicted octanol–water partition coefficient (Wildman–Crippen LogP) is 3.34. The maximum atomic E-state index is 13.7. The van der Waals surface area contributed by atoms with E-state index in [1.165, 1.54) is 6.07 Å². The van der Waals surface area contributed by atoms with Gasteiger partial charge in [0.1, 0.15) is 5.82 Å². The highest BCUT2D eigenvalue weighted by atomic mass is 35.5. The van der Waals surface area contributed by atoms with Crippen LogP contribution in [0.1, 0.15) is 31.2 Å². The first kappa shape index (κ1) is 13.8. The fraction of sp³-hybridized carbons (Fsp3) is 0.571. The van der Waals surface area contributed by atoms with Gasteiger partial charge in [0.2, 0.25) is 0 Å². The van der Waals surface area contributed by atoms with Gasteiger partial charge in [0, 0.05) is 25.0 Å². The Morgan fingerprint density at radius 1 is 1.56 bits per heavy atom. The standard InChI is InChI=1S/C14H18ClFO2/c1-18-12-3-2-6-14(17,9-12)8-10-4-5-11(15)7-13(10)16/h4-5,7,12,17H,2-3,6,8-9H2,1H3. The smallest absolute Gasteiger partial charge is 0.127 e. The third-order valence-electron chi connectivity index (χ3n) is 3.64. The van der Waals surface area contributed by atoms with Crippen LogP contribution in [0.2, 0.25) is 5.02 Å². The van der Waals surface area contributed by atoms with Gasteiger partial charge in [-0.15, -0.1) is 0 Å². The summed E-state index contributed by atoms with van der Waals surface area (Å²) in [5.41, 5.74) is -0.355. The van der Waals surface area contributed by atoms with E-state index < -0.39 is 5.60 Å². The fourth-order valence-electron chi connectivity index (χ4n) is 2.67. The van der Waals surface area contributed by atoms with Crippen LogP contribution in [0.4, 0.5) is 4.39 Å². The van der Waals surface area contributed by atoms with Crippen molar-refractivity contribution < 1.29 is 14.2 Å². The zero-order valence-electron chi connectivity index (χ0n) is 10.5. The molecule has 0 radical (unpaired) electrons. The first-order chi connectivity index (χ1) is 8.52. The van der Waals surface area contributed by atoms with E-state index in [1.807, 2.05) is 0 Å². The molecule has 1 aromatic rings. The van der Waals surface area contributed by atoms with Gasteiger partial charge in [-0.25, -0.2) is 4.39 Å². The maximum absolute atomic E-state index is 13.7. The molecule has 0 aliphatic heterocycles. The highest BCUT2D eigenvalue weighted by Gasteiger charge is 2.35. The van der Waals surface area contributed by atoms with Crippen molar-refractivity contribution in [3.8, 4) is 0 Å². The lowest BCUT2D eigenvalue weighted by molar-refractivity contribution is -0.0585. The molecule has 100 valence electrons. The quantitative estimate of drug-likeness (QED) is 0.914. The van der Waals surface area contributed by atoms with Gasteiger partial charge in [0.15, 0.2) is 0 Å². The van der Waals surface area contributed by atoms with Gasteiger partial charge in [-0.05, 0) is 37.0 Å². The molecule has 2 nitrogen and oxygen atoms in total. The largest absolute Gasteiger partial charge is 0.389 e. The van der Waals surface area contributed by atoms with E-state index in [9.17, 15) is 9.50 Å². The van der Waals surface area contributed by atoms with Crippen LogP contribution >= 0.6 is 11.6 Å². The summed E-state index contributed by atoms with van der Waals surface area (Å²) in [6, 6.07) is 4.59. The number of halogens is 2. The van der Waals surface area contributed by atoms with Gasteiger partial charge in [-0.1, -0.05) is 17.7 Å². The Morgan fingerprint density at radius 2 is 2.33 bits per heavy atom. The molecule has 0 spiro atoms. The monoisotopic (exact) mass is 272 g/mol. The van der Waals surface area contributed by atoms with Gasteiger partial charge in [-0.3, -0.25) is 0 Å². The van der Waals surface area contributed by atoms with Crippen LogP contribution in [-0.4, -0.2) is 23.9 Å². The molecule has 18 heavy (non-hydrogen) atoms. The molecule has 0 bridgehead atoms. The molecule has 2 atom stereocenters. The SMILES string of the molecule is COC1CCCC(O)(Cc2ccc(Cl)cc2F)C1. The summed E-state index contributed by atoms with van der Waals surface area (Å²) in [6.07, 6.45) is 3.50. The minimum absolute atomic E-state index is 0.0686. The Morgan fingerprint density at radius 3 is 3.00 bits per heavy atom. The first-order valence-corrected chi connectivity index (χ1v) is 6.59. The molecule has 1 aliphatic carbocycles. The second kappa shape index (κ2) is 5.55. The van der Waals surface area contributed by atoms with Crippen molar-refractivity contribution in [3.63, 3.8) is 0 Å². The van der Waals surface area contributed by atoms with Crippen LogP contribution < -0.4 is 0 Å². The normalized spacial score (nSPS) is 28.3. The molecule has 1 aromatic carbocycles. The molecular formula is C14H18ClFO2. The second-order valence-corrected chi connectivity index (χ2v) is 5.53. The molecular weight excluding hydrogens is 255 g/mol. The zero-order chi connectivity index (χ0) is 13.2. The number of benzene rings is 1. The Balaban J connectivity index is 2.11. The molecule has 2 rings (SSSR count). The van der Waals surface area contributed by atoms with E-state index in [2.05, 4.69) is 0 Å². The van der Waals surface area contributed by atoms with Gasteiger partial charge in [0.25, 0.3) is 0 Å². The minimum Gasteiger partial charge on any atom is -0.389 e. The molecule has 2 unspecified atom stereocenters. The summed E-state index contributed by atoms with van der Waals surface area (Å²) in [7, 11) is 1.65. The summed E-state index contributed by atoms with van der Waals surface area (Å²) in [6.45, 7) is 0. The van der Waals surface area contributed by atoms with Crippen molar-refractivity contribution in [3.05, 3.63) is 34.6 Å². The fourth-order valence-corrected chi connectivity index (χ4v) is 2.83. The summed E-state index contributed by atoms with van der Waals surface area (Å²) < 4.78 is 19.0. The predicted molar refractivity (Wildman–Crippen MR) is 69.3 cm³/mol. The van der Waals surface area contributed by atoms with Crippen LogP contribution in [0, 0.1) is 5.82 Å². The van der Waals surface area contributed by atoms with E-state index in [4.69, 9.17) is 16.3 Å². The van der Waals surface area contributed by atoms with Crippen molar-refractivity contribution in [2.75, 3.05) is 7.11 Å². The number of hydrogen-bond donors (Lipinski definition) is 1. The van der Waals surface area contributed by atoms with Gasteiger partial charge in [0.05, 0.1) is 11.7 Å². The zero-order valence-corrected chi connectivity index (χ0v) is 11.2. The summed E-state index contributed by atoms with van der Waals surface area (Å²) >= 11 is 5.72. The van der Waals surface area contributed by atoms with Gasteiger partial charge in [-0.2, -0.15) is 0 Å². The molecule has 1 fully saturated rings. The van der Waals surface area contributed by atoms with Crippen molar-refractivity contribution in [2.24, 2.45) is 0 Å². The molecule has 1 aliphatic rings. The third-order valence-corrected chi connectivity index (χ3v) is 3.88. The van der Waals surface area contributed by atoms with E-state index in [0.717, 1.165) is 12.8 Å². The molecule has 0 aromatic heterocycles. The number of methoxy groups -OCH3 is 1. The summed E-state index contributed by atoms with van der Waals surface area (Å²) in [5.74, 6) is -0.351. The minimum atomic E-state index is -0.867. The summed E-state index contributed by atoms with van der Waals surface area (Å²) in [4.78, 5) is 0. The number of ether oxygens (including phenoxy) is 1. The lowest BCUT2D eigenvalue weighted by Gasteiger charge is -2.36. The van der Waals surface area contributed by atoms with Crippen LogP contribution in [0.15, 0.2) is 18.2 Å². The van der Waals surface area contributed by atoms with Crippen molar-refractivity contribution in [2.45, 2.75) is 43.8 Å². The average Bonchev–Trinajstić information content (AvgIpc) is 2.33. The Bertz CT molecular complexity index is 424. The van der Waals surface area contributed by atoms with E-state index in [-0.39, 0.29) is 11.9 Å². The Kier molecular flexibility index (Phi) is 4.25. The van der Waals surface area contributed by atoms with E-state index in [0.29, 0.717) is 29.8 Å². The highest BCUT2D eigenvalue weighted by Crippen LogP contribution is 2.33. The molecule has 0 saturated heterocycles. The van der Waals surface area contributed by atoms with E-state index >= 15 is 0 Å². The molecule has 1 saturated carbocycles.